The van der Waals surface area contributed by atoms with Crippen molar-refractivity contribution in [1.29, 1.82) is 0 Å². The number of fused-ring (bicyclic) bond motifs is 1. The van der Waals surface area contributed by atoms with Crippen LogP contribution in [0.5, 0.6) is 0 Å². The topological polar surface area (TPSA) is 75.6 Å². The van der Waals surface area contributed by atoms with Crippen molar-refractivity contribution in [3.8, 4) is 0 Å². The Morgan fingerprint density at radius 3 is 2.73 bits per heavy atom. The van der Waals surface area contributed by atoms with Gasteiger partial charge >= 0.3 is 0 Å². The molecular formula is C16H19N5O. The molecule has 0 radical (unpaired) electrons. The van der Waals surface area contributed by atoms with Crippen molar-refractivity contribution in [1.82, 2.24) is 25.3 Å². The van der Waals surface area contributed by atoms with E-state index in [2.05, 4.69) is 20.6 Å². The van der Waals surface area contributed by atoms with Crippen LogP contribution in [0.25, 0.3) is 10.9 Å². The quantitative estimate of drug-likeness (QED) is 0.779. The van der Waals surface area contributed by atoms with Gasteiger partial charge in [0.15, 0.2) is 5.69 Å². The van der Waals surface area contributed by atoms with Gasteiger partial charge in [-0.1, -0.05) is 18.2 Å². The monoisotopic (exact) mass is 297 g/mol. The molecule has 0 aliphatic rings. The first kappa shape index (κ1) is 14.3. The predicted octanol–water partition coefficient (Wildman–Crippen LogP) is 2.40. The minimum Gasteiger partial charge on any atom is -0.344 e. The second kappa shape index (κ2) is 5.29. The molecule has 6 nitrogen and oxygen atoms in total. The third-order valence-electron chi connectivity index (χ3n) is 4.03. The molecule has 114 valence electrons. The van der Waals surface area contributed by atoms with E-state index in [9.17, 15) is 4.79 Å². The van der Waals surface area contributed by atoms with E-state index >= 15 is 0 Å². The van der Waals surface area contributed by atoms with E-state index in [0.717, 1.165) is 27.9 Å². The van der Waals surface area contributed by atoms with Gasteiger partial charge in [-0.25, -0.2) is 0 Å². The van der Waals surface area contributed by atoms with Crippen molar-refractivity contribution < 1.29 is 4.79 Å². The van der Waals surface area contributed by atoms with Gasteiger partial charge in [-0.2, -0.15) is 10.2 Å². The summed E-state index contributed by atoms with van der Waals surface area (Å²) in [4.78, 5) is 12.5. The molecule has 22 heavy (non-hydrogen) atoms. The average Bonchev–Trinajstić information content (AvgIpc) is 3.00. The Morgan fingerprint density at radius 1 is 1.32 bits per heavy atom. The van der Waals surface area contributed by atoms with Crippen molar-refractivity contribution in [2.24, 2.45) is 7.05 Å². The van der Waals surface area contributed by atoms with Gasteiger partial charge in [0.2, 0.25) is 0 Å². The summed E-state index contributed by atoms with van der Waals surface area (Å²) in [6.45, 7) is 5.92. The molecule has 2 N–H and O–H groups in total. The number of hydrogen-bond donors (Lipinski definition) is 2. The maximum absolute atomic E-state index is 12.5. The van der Waals surface area contributed by atoms with Crippen LogP contribution >= 0.6 is 0 Å². The van der Waals surface area contributed by atoms with Crippen LogP contribution in [0.3, 0.4) is 0 Å². The second-order valence-electron chi connectivity index (χ2n) is 5.52. The number of para-hydroxylation sites is 1. The van der Waals surface area contributed by atoms with Crippen LogP contribution in [-0.2, 0) is 7.05 Å². The lowest BCUT2D eigenvalue weighted by atomic mass is 10.1. The summed E-state index contributed by atoms with van der Waals surface area (Å²) >= 11 is 0. The summed E-state index contributed by atoms with van der Waals surface area (Å²) in [5.41, 5.74) is 4.31. The summed E-state index contributed by atoms with van der Waals surface area (Å²) < 4.78 is 1.83. The van der Waals surface area contributed by atoms with Crippen LogP contribution < -0.4 is 5.32 Å². The third kappa shape index (κ3) is 2.26. The van der Waals surface area contributed by atoms with Crippen molar-refractivity contribution in [3.05, 3.63) is 46.9 Å². The second-order valence-corrected chi connectivity index (χ2v) is 5.52. The molecule has 0 fully saturated rings. The summed E-state index contributed by atoms with van der Waals surface area (Å²) in [7, 11) is 1.90. The molecular weight excluding hydrogens is 278 g/mol. The fourth-order valence-corrected chi connectivity index (χ4v) is 2.89. The molecule has 1 unspecified atom stereocenters. The minimum absolute atomic E-state index is 0.128. The van der Waals surface area contributed by atoms with Crippen LogP contribution in [0.4, 0.5) is 0 Å². The number of carbonyl (C=O) groups is 1. The normalized spacial score (nSPS) is 12.5. The lowest BCUT2D eigenvalue weighted by molar-refractivity contribution is 0.0936. The molecule has 0 saturated carbocycles. The average molecular weight is 297 g/mol. The maximum atomic E-state index is 12.5. The largest absolute Gasteiger partial charge is 0.344 e. The van der Waals surface area contributed by atoms with Crippen LogP contribution in [0.1, 0.15) is 40.4 Å². The summed E-state index contributed by atoms with van der Waals surface area (Å²) in [6.07, 6.45) is 0. The molecule has 6 heteroatoms. The van der Waals surface area contributed by atoms with Crippen molar-refractivity contribution >= 4 is 16.8 Å². The molecule has 0 saturated heterocycles. The Hall–Kier alpha value is -2.63. The lowest BCUT2D eigenvalue weighted by Crippen LogP contribution is -2.27. The highest BCUT2D eigenvalue weighted by Gasteiger charge is 2.21. The SMILES string of the molecule is Cc1nn(C)c(C)c1C(C)NC(=O)c1n[nH]c2ccccc12. The zero-order chi connectivity index (χ0) is 15.9. The maximum Gasteiger partial charge on any atom is 0.272 e. The number of nitrogens with zero attached hydrogens (tertiary/aromatic N) is 3. The fourth-order valence-electron chi connectivity index (χ4n) is 2.89. The number of amides is 1. The van der Waals surface area contributed by atoms with E-state index in [1.807, 2.05) is 56.8 Å². The van der Waals surface area contributed by atoms with Gasteiger partial charge in [0.25, 0.3) is 5.91 Å². The van der Waals surface area contributed by atoms with Crippen LogP contribution in [0.2, 0.25) is 0 Å². The molecule has 1 atom stereocenters. The number of nitrogens with one attached hydrogen (secondary N) is 2. The molecule has 0 bridgehead atoms. The van der Waals surface area contributed by atoms with Gasteiger partial charge in [0, 0.05) is 23.7 Å². The molecule has 3 aromatic rings. The Labute approximate surface area is 128 Å². The van der Waals surface area contributed by atoms with Gasteiger partial charge in [-0.05, 0) is 26.8 Å². The first-order valence-corrected chi connectivity index (χ1v) is 7.23. The van der Waals surface area contributed by atoms with Crippen LogP contribution in [-0.4, -0.2) is 25.9 Å². The smallest absolute Gasteiger partial charge is 0.272 e. The molecule has 1 amide bonds. The molecule has 2 aromatic heterocycles. The predicted molar refractivity (Wildman–Crippen MR) is 84.7 cm³/mol. The molecule has 0 aliphatic heterocycles. The van der Waals surface area contributed by atoms with Gasteiger partial charge in [-0.3, -0.25) is 14.6 Å². The van der Waals surface area contributed by atoms with E-state index in [4.69, 9.17) is 0 Å². The van der Waals surface area contributed by atoms with E-state index in [1.54, 1.807) is 0 Å². The van der Waals surface area contributed by atoms with Crippen molar-refractivity contribution in [2.45, 2.75) is 26.8 Å². The van der Waals surface area contributed by atoms with E-state index in [1.165, 1.54) is 0 Å². The molecule has 0 aliphatic carbocycles. The Morgan fingerprint density at radius 2 is 2.05 bits per heavy atom. The van der Waals surface area contributed by atoms with Gasteiger partial charge in [-0.15, -0.1) is 0 Å². The standard InChI is InChI=1S/C16H19N5O/c1-9(14-10(2)20-21(4)11(14)3)17-16(22)15-12-7-5-6-8-13(12)18-19-15/h5-9H,1-4H3,(H,17,22)(H,18,19). The van der Waals surface area contributed by atoms with Crippen molar-refractivity contribution in [2.75, 3.05) is 0 Å². The van der Waals surface area contributed by atoms with Gasteiger partial charge in [0.1, 0.15) is 0 Å². The summed E-state index contributed by atoms with van der Waals surface area (Å²) in [5.74, 6) is -0.187. The third-order valence-corrected chi connectivity index (χ3v) is 4.03. The Kier molecular flexibility index (Phi) is 3.44. The number of aromatic nitrogens is 4. The summed E-state index contributed by atoms with van der Waals surface area (Å²) in [5, 5.41) is 15.2. The molecule has 2 heterocycles. The molecule has 3 rings (SSSR count). The number of benzene rings is 1. The number of H-pyrrole nitrogens is 1. The number of aromatic amines is 1. The molecule has 1 aromatic carbocycles. The minimum atomic E-state index is -0.187. The zero-order valence-electron chi connectivity index (χ0n) is 13.1. The highest BCUT2D eigenvalue weighted by Crippen LogP contribution is 2.22. The lowest BCUT2D eigenvalue weighted by Gasteiger charge is -2.14. The zero-order valence-corrected chi connectivity index (χ0v) is 13.1. The fraction of sp³-hybridized carbons (Fsp3) is 0.312. The van der Waals surface area contributed by atoms with Gasteiger partial charge in [0.05, 0.1) is 17.3 Å². The number of rotatable bonds is 3. The van der Waals surface area contributed by atoms with E-state index < -0.39 is 0 Å². The first-order chi connectivity index (χ1) is 10.5. The number of carbonyl (C=O) groups excluding carboxylic acids is 1. The first-order valence-electron chi connectivity index (χ1n) is 7.23. The van der Waals surface area contributed by atoms with Gasteiger partial charge < -0.3 is 5.32 Å². The molecule has 0 spiro atoms. The Balaban J connectivity index is 1.88. The highest BCUT2D eigenvalue weighted by molar-refractivity contribution is 6.04. The van der Waals surface area contributed by atoms with Crippen LogP contribution in [0.15, 0.2) is 24.3 Å². The van der Waals surface area contributed by atoms with E-state index in [-0.39, 0.29) is 11.9 Å². The highest BCUT2D eigenvalue weighted by atomic mass is 16.2. The Bertz CT molecular complexity index is 845. The van der Waals surface area contributed by atoms with Crippen LogP contribution in [0, 0.1) is 13.8 Å². The number of aryl methyl sites for hydroxylation is 2. The van der Waals surface area contributed by atoms with E-state index in [0.29, 0.717) is 5.69 Å². The number of hydrogen-bond acceptors (Lipinski definition) is 3. The summed E-state index contributed by atoms with van der Waals surface area (Å²) in [6, 6.07) is 7.47. The van der Waals surface area contributed by atoms with Crippen molar-refractivity contribution in [3.63, 3.8) is 0 Å².